The Morgan fingerprint density at radius 3 is 1.73 bits per heavy atom. The highest BCUT2D eigenvalue weighted by Gasteiger charge is 2.37. The van der Waals surface area contributed by atoms with Crippen LogP contribution in [0.1, 0.15) is 66.7 Å². The number of rotatable bonds is 8. The van der Waals surface area contributed by atoms with Crippen molar-refractivity contribution in [1.29, 1.82) is 0 Å². The Morgan fingerprint density at radius 1 is 0.867 bits per heavy atom. The van der Waals surface area contributed by atoms with Crippen molar-refractivity contribution >= 4 is 8.32 Å². The Balaban J connectivity index is 3.88. The molecule has 1 nitrogen and oxygen atoms in total. The fourth-order valence-electron chi connectivity index (χ4n) is 2.26. The van der Waals surface area contributed by atoms with E-state index in [-0.39, 0.29) is 0 Å². The van der Waals surface area contributed by atoms with Gasteiger partial charge in [0.25, 0.3) is 0 Å². The molecule has 2 heteroatoms. The lowest BCUT2D eigenvalue weighted by atomic mass is 10.2. The van der Waals surface area contributed by atoms with Crippen LogP contribution in [0.4, 0.5) is 0 Å². The van der Waals surface area contributed by atoms with E-state index in [2.05, 4.69) is 34.6 Å². The van der Waals surface area contributed by atoms with Crippen LogP contribution in [0.25, 0.3) is 0 Å². The van der Waals surface area contributed by atoms with E-state index < -0.39 is 8.32 Å². The molecular formula is C13H30OSi. The molecule has 0 aromatic carbocycles. The highest BCUT2D eigenvalue weighted by Crippen LogP contribution is 2.34. The van der Waals surface area contributed by atoms with Gasteiger partial charge in [-0.15, -0.1) is 0 Å². The van der Waals surface area contributed by atoms with E-state index in [0.717, 1.165) is 6.04 Å². The van der Waals surface area contributed by atoms with Gasteiger partial charge in [0.1, 0.15) is 0 Å². The topological polar surface area (TPSA) is 20.2 Å². The largest absolute Gasteiger partial charge is 0.431 e. The van der Waals surface area contributed by atoms with Gasteiger partial charge in [0.15, 0.2) is 8.32 Å². The third-order valence-electron chi connectivity index (χ3n) is 3.68. The van der Waals surface area contributed by atoms with Crippen LogP contribution in [-0.4, -0.2) is 13.1 Å². The number of hydrogen-bond donors (Lipinski definition) is 1. The maximum atomic E-state index is 10.7. The van der Waals surface area contributed by atoms with Gasteiger partial charge in [-0.1, -0.05) is 66.7 Å². The molecule has 0 bridgehead atoms. The molecule has 15 heavy (non-hydrogen) atoms. The lowest BCUT2D eigenvalue weighted by Gasteiger charge is -2.33. The summed E-state index contributed by atoms with van der Waals surface area (Å²) in [6.07, 6.45) is 6.54. The molecule has 0 spiro atoms. The highest BCUT2D eigenvalue weighted by atomic mass is 28.4. The summed E-state index contributed by atoms with van der Waals surface area (Å²) in [6.45, 7) is 11.0. The Labute approximate surface area is 97.4 Å². The molecule has 0 aromatic heterocycles. The summed E-state index contributed by atoms with van der Waals surface area (Å²) in [5, 5.41) is 0. The van der Waals surface area contributed by atoms with Crippen molar-refractivity contribution in [3.05, 3.63) is 0 Å². The summed E-state index contributed by atoms with van der Waals surface area (Å²) in [7, 11) is -1.96. The Kier molecular flexibility index (Phi) is 7.54. The van der Waals surface area contributed by atoms with Crippen molar-refractivity contribution in [2.75, 3.05) is 0 Å². The third kappa shape index (κ3) is 5.16. The van der Waals surface area contributed by atoms with Crippen molar-refractivity contribution in [3.8, 4) is 0 Å². The summed E-state index contributed by atoms with van der Waals surface area (Å²) < 4.78 is 0. The molecule has 0 radical (unpaired) electrons. The molecule has 0 amide bonds. The van der Waals surface area contributed by atoms with Crippen LogP contribution in [0.3, 0.4) is 0 Å². The summed E-state index contributed by atoms with van der Waals surface area (Å²) >= 11 is 0. The van der Waals surface area contributed by atoms with Gasteiger partial charge in [-0.2, -0.15) is 0 Å². The molecule has 0 aliphatic carbocycles. The molecule has 0 heterocycles. The van der Waals surface area contributed by atoms with E-state index in [1.54, 1.807) is 0 Å². The fourth-order valence-corrected chi connectivity index (χ4v) is 5.56. The first-order valence-electron chi connectivity index (χ1n) is 6.67. The SMILES string of the molecule is CCCCCCC[Si](O)(C(C)C)C(C)C. The van der Waals surface area contributed by atoms with Gasteiger partial charge < -0.3 is 4.80 Å². The standard InChI is InChI=1S/C13H30OSi/c1-6-7-8-9-10-11-15(14,12(2)3)13(4)5/h12-14H,6-11H2,1-5H3. The van der Waals surface area contributed by atoms with E-state index in [1.165, 1.54) is 32.1 Å². The zero-order chi connectivity index (χ0) is 11.9. The molecule has 0 saturated carbocycles. The monoisotopic (exact) mass is 230 g/mol. The van der Waals surface area contributed by atoms with Crippen LogP contribution in [0, 0.1) is 0 Å². The van der Waals surface area contributed by atoms with Crippen molar-refractivity contribution in [3.63, 3.8) is 0 Å². The minimum Gasteiger partial charge on any atom is -0.431 e. The second-order valence-electron chi connectivity index (χ2n) is 5.46. The maximum Gasteiger partial charge on any atom is 0.193 e. The lowest BCUT2D eigenvalue weighted by molar-refractivity contribution is 0.482. The molecular weight excluding hydrogens is 200 g/mol. The number of unbranched alkanes of at least 4 members (excludes halogenated alkanes) is 4. The second kappa shape index (κ2) is 7.45. The predicted octanol–water partition coefficient (Wildman–Crippen LogP) is 4.71. The predicted molar refractivity (Wildman–Crippen MR) is 71.7 cm³/mol. The highest BCUT2D eigenvalue weighted by molar-refractivity contribution is 6.75. The first-order chi connectivity index (χ1) is 6.95. The van der Waals surface area contributed by atoms with E-state index in [0.29, 0.717) is 11.1 Å². The van der Waals surface area contributed by atoms with Gasteiger partial charge in [-0.3, -0.25) is 0 Å². The molecule has 0 atom stereocenters. The van der Waals surface area contributed by atoms with Crippen LogP contribution in [0.2, 0.25) is 17.1 Å². The second-order valence-corrected chi connectivity index (χ2v) is 10.3. The normalized spacial score (nSPS) is 12.8. The smallest absolute Gasteiger partial charge is 0.193 e. The summed E-state index contributed by atoms with van der Waals surface area (Å²) in [5.74, 6) is 0. The van der Waals surface area contributed by atoms with Crippen LogP contribution < -0.4 is 0 Å². The van der Waals surface area contributed by atoms with Gasteiger partial charge in [-0.25, -0.2) is 0 Å². The van der Waals surface area contributed by atoms with Gasteiger partial charge >= 0.3 is 0 Å². The zero-order valence-electron chi connectivity index (χ0n) is 11.3. The minimum absolute atomic E-state index is 0.503. The van der Waals surface area contributed by atoms with Crippen molar-refractivity contribution in [2.24, 2.45) is 0 Å². The maximum absolute atomic E-state index is 10.7. The van der Waals surface area contributed by atoms with Gasteiger partial charge in [0.05, 0.1) is 0 Å². The minimum atomic E-state index is -1.96. The van der Waals surface area contributed by atoms with E-state index in [9.17, 15) is 4.80 Å². The first kappa shape index (κ1) is 15.2. The van der Waals surface area contributed by atoms with Crippen LogP contribution in [0.5, 0.6) is 0 Å². The molecule has 0 rings (SSSR count). The Bertz CT molecular complexity index is 147. The van der Waals surface area contributed by atoms with E-state index in [1.807, 2.05) is 0 Å². The molecule has 92 valence electrons. The van der Waals surface area contributed by atoms with Crippen molar-refractivity contribution in [1.82, 2.24) is 0 Å². The van der Waals surface area contributed by atoms with Crippen molar-refractivity contribution < 1.29 is 4.80 Å². The van der Waals surface area contributed by atoms with Gasteiger partial charge in [0, 0.05) is 0 Å². The van der Waals surface area contributed by atoms with Gasteiger partial charge in [-0.05, 0) is 17.1 Å². The quantitative estimate of drug-likeness (QED) is 0.473. The summed E-state index contributed by atoms with van der Waals surface area (Å²) in [6, 6.07) is 1.10. The molecule has 0 aromatic rings. The molecule has 0 aliphatic rings. The van der Waals surface area contributed by atoms with Crippen LogP contribution >= 0.6 is 0 Å². The molecule has 1 N–H and O–H groups in total. The molecule has 0 fully saturated rings. The van der Waals surface area contributed by atoms with E-state index >= 15 is 0 Å². The molecule has 0 aliphatic heterocycles. The first-order valence-corrected chi connectivity index (χ1v) is 8.98. The lowest BCUT2D eigenvalue weighted by Crippen LogP contribution is -2.41. The average Bonchev–Trinajstić information content (AvgIpc) is 2.16. The van der Waals surface area contributed by atoms with Crippen molar-refractivity contribution in [2.45, 2.75) is 83.8 Å². The summed E-state index contributed by atoms with van der Waals surface area (Å²) in [5.41, 5.74) is 1.01. The fraction of sp³-hybridized carbons (Fsp3) is 1.00. The van der Waals surface area contributed by atoms with Crippen LogP contribution in [-0.2, 0) is 0 Å². The van der Waals surface area contributed by atoms with E-state index in [4.69, 9.17) is 0 Å². The average molecular weight is 230 g/mol. The Morgan fingerprint density at radius 2 is 1.33 bits per heavy atom. The van der Waals surface area contributed by atoms with Gasteiger partial charge in [0.2, 0.25) is 0 Å². The Hall–Kier alpha value is 0.177. The van der Waals surface area contributed by atoms with Crippen LogP contribution in [0.15, 0.2) is 0 Å². The zero-order valence-corrected chi connectivity index (χ0v) is 12.3. The number of hydrogen-bond acceptors (Lipinski definition) is 1. The summed E-state index contributed by atoms with van der Waals surface area (Å²) in [4.78, 5) is 10.7. The molecule has 0 unspecified atom stereocenters. The molecule has 0 saturated heterocycles. The third-order valence-corrected chi connectivity index (χ3v) is 8.83.